The number of rotatable bonds is 9. The van der Waals surface area contributed by atoms with E-state index in [0.29, 0.717) is 23.2 Å². The molecular formula is C25H34FN3O4S. The van der Waals surface area contributed by atoms with Gasteiger partial charge in [0.15, 0.2) is 0 Å². The molecule has 0 aliphatic carbocycles. The Morgan fingerprint density at radius 2 is 1.65 bits per heavy atom. The van der Waals surface area contributed by atoms with Crippen LogP contribution in [0, 0.1) is 12.7 Å². The van der Waals surface area contributed by atoms with Crippen LogP contribution in [-0.4, -0.2) is 49.5 Å². The average molecular weight is 492 g/mol. The molecule has 0 saturated heterocycles. The van der Waals surface area contributed by atoms with Crippen LogP contribution in [0.4, 0.5) is 10.1 Å². The lowest BCUT2D eigenvalue weighted by molar-refractivity contribution is -0.141. The Balaban J connectivity index is 2.46. The van der Waals surface area contributed by atoms with Crippen molar-refractivity contribution in [3.8, 4) is 0 Å². The van der Waals surface area contributed by atoms with E-state index in [9.17, 15) is 22.4 Å². The quantitative estimate of drug-likeness (QED) is 0.581. The Kier molecular flexibility index (Phi) is 8.83. The molecule has 0 bridgehead atoms. The highest BCUT2D eigenvalue weighted by Crippen LogP contribution is 2.23. The highest BCUT2D eigenvalue weighted by atomic mass is 32.2. The molecule has 2 rings (SSSR count). The van der Waals surface area contributed by atoms with Gasteiger partial charge >= 0.3 is 0 Å². The number of carbonyl (C=O) groups is 2. The number of benzene rings is 2. The van der Waals surface area contributed by atoms with Crippen LogP contribution in [0.25, 0.3) is 0 Å². The van der Waals surface area contributed by atoms with Gasteiger partial charge in [0.05, 0.1) is 11.9 Å². The van der Waals surface area contributed by atoms with Gasteiger partial charge in [-0.1, -0.05) is 37.3 Å². The molecule has 1 N–H and O–H groups in total. The van der Waals surface area contributed by atoms with Crippen molar-refractivity contribution in [1.82, 2.24) is 10.2 Å². The third-order valence-electron chi connectivity index (χ3n) is 5.21. The fourth-order valence-corrected chi connectivity index (χ4v) is 4.50. The van der Waals surface area contributed by atoms with Crippen LogP contribution in [0.3, 0.4) is 0 Å². The van der Waals surface area contributed by atoms with Crippen molar-refractivity contribution in [2.45, 2.75) is 59.2 Å². The number of nitrogens with one attached hydrogen (secondary N) is 1. The minimum atomic E-state index is -3.79. The second-order valence-corrected chi connectivity index (χ2v) is 11.3. The average Bonchev–Trinajstić information content (AvgIpc) is 2.71. The summed E-state index contributed by atoms with van der Waals surface area (Å²) in [5.74, 6) is -1.29. The van der Waals surface area contributed by atoms with Crippen molar-refractivity contribution in [2.24, 2.45) is 0 Å². The second-order valence-electron chi connectivity index (χ2n) is 9.37. The summed E-state index contributed by atoms with van der Waals surface area (Å²) < 4.78 is 39.8. The van der Waals surface area contributed by atoms with Crippen molar-refractivity contribution in [3.05, 3.63) is 65.5 Å². The molecule has 34 heavy (non-hydrogen) atoms. The van der Waals surface area contributed by atoms with Gasteiger partial charge in [-0.25, -0.2) is 12.8 Å². The van der Waals surface area contributed by atoms with E-state index in [4.69, 9.17) is 0 Å². The smallest absolute Gasteiger partial charge is 0.244 e. The minimum Gasteiger partial charge on any atom is -0.350 e. The number of para-hydroxylation sites is 1. The number of carbonyl (C=O) groups excluding carboxylic acids is 2. The maximum absolute atomic E-state index is 13.6. The van der Waals surface area contributed by atoms with Gasteiger partial charge in [-0.2, -0.15) is 0 Å². The second kappa shape index (κ2) is 11.0. The van der Waals surface area contributed by atoms with Crippen LogP contribution in [0.15, 0.2) is 48.5 Å². The molecule has 0 aromatic heterocycles. The standard InChI is InChI=1S/C25H34FN3O4S/c1-7-21(24(31)27-25(3,4)5)28(16-19-12-14-20(26)15-13-19)23(30)17-29(34(6,32)33)22-11-9-8-10-18(22)2/h8-15,21H,7,16-17H2,1-6H3,(H,27,31)/t21-/m0/s1. The Morgan fingerprint density at radius 3 is 2.15 bits per heavy atom. The molecule has 0 radical (unpaired) electrons. The summed E-state index contributed by atoms with van der Waals surface area (Å²) in [6.07, 6.45) is 1.36. The third kappa shape index (κ3) is 7.55. The normalized spacial score (nSPS) is 12.7. The number of amides is 2. The summed E-state index contributed by atoms with van der Waals surface area (Å²) in [6.45, 7) is 8.63. The van der Waals surface area contributed by atoms with E-state index in [1.807, 2.05) is 20.8 Å². The van der Waals surface area contributed by atoms with Gasteiger partial charge in [0.2, 0.25) is 21.8 Å². The Labute approximate surface area is 202 Å². The molecule has 1 atom stereocenters. The van der Waals surface area contributed by atoms with Crippen LogP contribution in [0.2, 0.25) is 0 Å². The first-order valence-corrected chi connectivity index (χ1v) is 13.0. The van der Waals surface area contributed by atoms with Crippen molar-refractivity contribution < 1.29 is 22.4 Å². The van der Waals surface area contributed by atoms with Gasteiger partial charge in [0.1, 0.15) is 18.4 Å². The first-order chi connectivity index (χ1) is 15.7. The molecule has 2 aromatic rings. The zero-order valence-corrected chi connectivity index (χ0v) is 21.4. The largest absolute Gasteiger partial charge is 0.350 e. The van der Waals surface area contributed by atoms with Crippen LogP contribution in [-0.2, 0) is 26.2 Å². The molecule has 2 aromatic carbocycles. The first-order valence-electron chi connectivity index (χ1n) is 11.1. The maximum Gasteiger partial charge on any atom is 0.244 e. The van der Waals surface area contributed by atoms with Crippen molar-refractivity contribution in [1.29, 1.82) is 0 Å². The molecule has 0 aliphatic rings. The van der Waals surface area contributed by atoms with Crippen LogP contribution in [0.5, 0.6) is 0 Å². The fourth-order valence-electron chi connectivity index (χ4n) is 3.60. The number of anilines is 1. The van der Waals surface area contributed by atoms with E-state index in [1.165, 1.54) is 17.0 Å². The van der Waals surface area contributed by atoms with E-state index in [2.05, 4.69) is 5.32 Å². The molecular weight excluding hydrogens is 457 g/mol. The zero-order valence-electron chi connectivity index (χ0n) is 20.6. The number of halogens is 1. The van der Waals surface area contributed by atoms with Gasteiger partial charge in [-0.15, -0.1) is 0 Å². The minimum absolute atomic E-state index is 0.0283. The molecule has 2 amide bonds. The number of hydrogen-bond donors (Lipinski definition) is 1. The number of hydrogen-bond acceptors (Lipinski definition) is 4. The predicted molar refractivity (Wildman–Crippen MR) is 132 cm³/mol. The van der Waals surface area contributed by atoms with Gasteiger partial charge in [-0.05, 0) is 63.4 Å². The van der Waals surface area contributed by atoms with Crippen molar-refractivity contribution in [3.63, 3.8) is 0 Å². The molecule has 7 nitrogen and oxygen atoms in total. The van der Waals surface area contributed by atoms with Gasteiger partial charge in [0, 0.05) is 12.1 Å². The predicted octanol–water partition coefficient (Wildman–Crippen LogP) is 3.62. The number of sulfonamides is 1. The summed E-state index contributed by atoms with van der Waals surface area (Å²) in [7, 11) is -3.79. The number of aryl methyl sites for hydroxylation is 1. The van der Waals surface area contributed by atoms with Crippen molar-refractivity contribution in [2.75, 3.05) is 17.1 Å². The summed E-state index contributed by atoms with van der Waals surface area (Å²) in [4.78, 5) is 28.0. The van der Waals surface area contributed by atoms with E-state index < -0.39 is 39.9 Å². The lowest BCUT2D eigenvalue weighted by Crippen LogP contribution is -2.55. The molecule has 0 spiro atoms. The van der Waals surface area contributed by atoms with E-state index >= 15 is 0 Å². The van der Waals surface area contributed by atoms with Gasteiger partial charge in [-0.3, -0.25) is 13.9 Å². The van der Waals surface area contributed by atoms with Gasteiger partial charge in [0.25, 0.3) is 0 Å². The van der Waals surface area contributed by atoms with Crippen LogP contribution < -0.4 is 9.62 Å². The molecule has 0 aliphatic heterocycles. The Bertz CT molecular complexity index is 1110. The highest BCUT2D eigenvalue weighted by molar-refractivity contribution is 7.92. The topological polar surface area (TPSA) is 86.8 Å². The SMILES string of the molecule is CC[C@@H](C(=O)NC(C)(C)C)N(Cc1ccc(F)cc1)C(=O)CN(c1ccccc1C)S(C)(=O)=O. The van der Waals surface area contributed by atoms with E-state index in [0.717, 1.165) is 10.6 Å². The Hall–Kier alpha value is -2.94. The molecule has 9 heteroatoms. The summed E-state index contributed by atoms with van der Waals surface area (Å²) in [5, 5.41) is 2.90. The highest BCUT2D eigenvalue weighted by Gasteiger charge is 2.33. The lowest BCUT2D eigenvalue weighted by Gasteiger charge is -2.34. The molecule has 0 fully saturated rings. The monoisotopic (exact) mass is 491 g/mol. The van der Waals surface area contributed by atoms with Crippen molar-refractivity contribution >= 4 is 27.5 Å². The molecule has 186 valence electrons. The molecule has 0 heterocycles. The molecule has 0 saturated carbocycles. The van der Waals surface area contributed by atoms with E-state index in [-0.39, 0.29) is 12.5 Å². The lowest BCUT2D eigenvalue weighted by atomic mass is 10.1. The molecule has 0 unspecified atom stereocenters. The van der Waals surface area contributed by atoms with Gasteiger partial charge < -0.3 is 10.2 Å². The zero-order chi connectivity index (χ0) is 25.7. The first kappa shape index (κ1) is 27.3. The van der Waals surface area contributed by atoms with E-state index in [1.54, 1.807) is 50.2 Å². The van der Waals surface area contributed by atoms with Crippen LogP contribution >= 0.6 is 0 Å². The summed E-state index contributed by atoms with van der Waals surface area (Å²) in [5.41, 5.74) is 1.20. The maximum atomic E-state index is 13.6. The van der Waals surface area contributed by atoms with Crippen LogP contribution in [0.1, 0.15) is 45.2 Å². The Morgan fingerprint density at radius 1 is 1.06 bits per heavy atom. The fraction of sp³-hybridized carbons (Fsp3) is 0.440. The summed E-state index contributed by atoms with van der Waals surface area (Å²) >= 11 is 0. The third-order valence-corrected chi connectivity index (χ3v) is 6.34. The summed E-state index contributed by atoms with van der Waals surface area (Å²) in [6, 6.07) is 11.7. The number of nitrogens with zero attached hydrogens (tertiary/aromatic N) is 2.